The second-order valence-electron chi connectivity index (χ2n) is 8.69. The molecule has 0 unspecified atom stereocenters. The van der Waals surface area contributed by atoms with Gasteiger partial charge in [0.05, 0.1) is 31.0 Å². The fourth-order valence-electron chi connectivity index (χ4n) is 3.43. The number of aliphatic hydroxyl groups is 1. The summed E-state index contributed by atoms with van der Waals surface area (Å²) in [7, 11) is -1.86. The Morgan fingerprint density at radius 2 is 2.00 bits per heavy atom. The van der Waals surface area contributed by atoms with Gasteiger partial charge in [-0.2, -0.15) is 0 Å². The number of benzene rings is 1. The molecule has 1 aromatic rings. The highest BCUT2D eigenvalue weighted by Crippen LogP contribution is 2.30. The van der Waals surface area contributed by atoms with E-state index in [2.05, 4.69) is 10.0 Å². The Morgan fingerprint density at radius 3 is 2.56 bits per heavy atom. The zero-order valence-electron chi connectivity index (χ0n) is 19.5. The largest absolute Gasteiger partial charge is 0.487 e. The predicted molar refractivity (Wildman–Crippen MR) is 122 cm³/mol. The third kappa shape index (κ3) is 6.73. The molecule has 2 rings (SSSR count). The van der Waals surface area contributed by atoms with Crippen molar-refractivity contribution in [1.82, 2.24) is 15.1 Å². The van der Waals surface area contributed by atoms with Gasteiger partial charge in [0.2, 0.25) is 10.0 Å². The number of nitrogens with one attached hydrogen (secondary N) is 2. The number of anilines is 1. The number of aliphatic hydroxyl groups excluding tert-OH is 1. The molecule has 0 bridgehead atoms. The highest BCUT2D eigenvalue weighted by atomic mass is 32.2. The second kappa shape index (κ2) is 10.4. The van der Waals surface area contributed by atoms with Crippen molar-refractivity contribution in [2.75, 3.05) is 37.7 Å². The van der Waals surface area contributed by atoms with E-state index in [1.54, 1.807) is 24.9 Å². The minimum absolute atomic E-state index is 0.0133. The molecule has 11 heteroatoms. The second-order valence-corrected chi connectivity index (χ2v) is 10.4. The van der Waals surface area contributed by atoms with Crippen LogP contribution >= 0.6 is 0 Å². The molecule has 3 atom stereocenters. The van der Waals surface area contributed by atoms with Gasteiger partial charge in [0, 0.05) is 31.2 Å². The predicted octanol–water partition coefficient (Wildman–Crippen LogP) is 1.33. The maximum absolute atomic E-state index is 13.3. The summed E-state index contributed by atoms with van der Waals surface area (Å²) in [5.74, 6) is -0.225. The molecule has 0 spiro atoms. The number of carbonyl (C=O) groups excluding carboxylic acids is 2. The van der Waals surface area contributed by atoms with Gasteiger partial charge in [-0.1, -0.05) is 6.92 Å². The average molecular weight is 471 g/mol. The maximum Gasteiger partial charge on any atom is 0.317 e. The number of hydrogen-bond donors (Lipinski definition) is 3. The van der Waals surface area contributed by atoms with Crippen LogP contribution in [0, 0.1) is 5.92 Å². The SMILES string of the molecule is CC(C)NC(=O)N(C)C[C@@H]1Oc2ccc(NS(C)(=O)=O)cc2C(=O)N([C@H](C)CO)C[C@H]1C. The van der Waals surface area contributed by atoms with Gasteiger partial charge in [-0.05, 0) is 39.0 Å². The molecule has 0 aliphatic carbocycles. The van der Waals surface area contributed by atoms with E-state index in [-0.39, 0.29) is 48.3 Å². The Morgan fingerprint density at radius 1 is 1.34 bits per heavy atom. The van der Waals surface area contributed by atoms with Crippen molar-refractivity contribution in [2.24, 2.45) is 5.92 Å². The molecule has 10 nitrogen and oxygen atoms in total. The zero-order valence-corrected chi connectivity index (χ0v) is 20.3. The number of nitrogens with zero attached hydrogens (tertiary/aromatic N) is 2. The summed E-state index contributed by atoms with van der Waals surface area (Å²) in [4.78, 5) is 28.8. The molecule has 3 N–H and O–H groups in total. The van der Waals surface area contributed by atoms with Gasteiger partial charge >= 0.3 is 6.03 Å². The van der Waals surface area contributed by atoms with Crippen LogP contribution in [0.4, 0.5) is 10.5 Å². The molecule has 1 heterocycles. The molecular weight excluding hydrogens is 436 g/mol. The third-order valence-corrected chi connectivity index (χ3v) is 5.79. The van der Waals surface area contributed by atoms with Gasteiger partial charge in [0.15, 0.2) is 0 Å². The van der Waals surface area contributed by atoms with Crippen molar-refractivity contribution in [3.8, 4) is 5.75 Å². The number of rotatable bonds is 7. The lowest BCUT2D eigenvalue weighted by molar-refractivity contribution is 0.0366. The number of carbonyl (C=O) groups is 2. The smallest absolute Gasteiger partial charge is 0.317 e. The van der Waals surface area contributed by atoms with Crippen LogP contribution in [0.2, 0.25) is 0 Å². The molecule has 0 saturated carbocycles. The van der Waals surface area contributed by atoms with Crippen LogP contribution in [-0.2, 0) is 10.0 Å². The quantitative estimate of drug-likeness (QED) is 0.552. The summed E-state index contributed by atoms with van der Waals surface area (Å²) < 4.78 is 31.8. The van der Waals surface area contributed by atoms with Crippen LogP contribution in [0.1, 0.15) is 38.1 Å². The Labute approximate surface area is 190 Å². The van der Waals surface area contributed by atoms with Crippen LogP contribution in [0.25, 0.3) is 0 Å². The first-order valence-corrected chi connectivity index (χ1v) is 12.4. The number of fused-ring (bicyclic) bond motifs is 1. The van der Waals surface area contributed by atoms with Crippen LogP contribution in [-0.4, -0.2) is 86.4 Å². The van der Waals surface area contributed by atoms with E-state index in [9.17, 15) is 23.1 Å². The first-order chi connectivity index (χ1) is 14.8. The molecule has 0 saturated heterocycles. The van der Waals surface area contributed by atoms with E-state index in [0.29, 0.717) is 12.3 Å². The molecular formula is C21H34N4O6S. The molecule has 0 fully saturated rings. The molecule has 0 aromatic heterocycles. The third-order valence-electron chi connectivity index (χ3n) is 5.18. The van der Waals surface area contributed by atoms with Crippen molar-refractivity contribution in [3.63, 3.8) is 0 Å². The molecule has 1 aliphatic rings. The zero-order chi connectivity index (χ0) is 24.2. The summed E-state index contributed by atoms with van der Waals surface area (Å²) in [5.41, 5.74) is 0.420. The van der Waals surface area contributed by atoms with E-state index in [4.69, 9.17) is 4.74 Å². The summed E-state index contributed by atoms with van der Waals surface area (Å²) in [6, 6.07) is 3.79. The van der Waals surface area contributed by atoms with Crippen molar-refractivity contribution < 1.29 is 27.9 Å². The first kappa shape index (κ1) is 25.7. The monoisotopic (exact) mass is 470 g/mol. The van der Waals surface area contributed by atoms with Crippen molar-refractivity contribution in [1.29, 1.82) is 0 Å². The number of urea groups is 1. The molecule has 1 aliphatic heterocycles. The Bertz CT molecular complexity index is 936. The Hall–Kier alpha value is -2.53. The molecule has 32 heavy (non-hydrogen) atoms. The van der Waals surface area contributed by atoms with Crippen LogP contribution in [0.15, 0.2) is 18.2 Å². The molecule has 180 valence electrons. The van der Waals surface area contributed by atoms with E-state index in [0.717, 1.165) is 6.26 Å². The van der Waals surface area contributed by atoms with Crippen LogP contribution in [0.3, 0.4) is 0 Å². The average Bonchev–Trinajstić information content (AvgIpc) is 2.68. The summed E-state index contributed by atoms with van der Waals surface area (Å²) in [5, 5.41) is 12.5. The Balaban J connectivity index is 2.43. The highest BCUT2D eigenvalue weighted by Gasteiger charge is 2.34. The summed E-state index contributed by atoms with van der Waals surface area (Å²) in [6.45, 7) is 7.76. The molecule has 0 radical (unpaired) electrons. The first-order valence-electron chi connectivity index (χ1n) is 10.5. The van der Waals surface area contributed by atoms with Gasteiger partial charge in [-0.3, -0.25) is 9.52 Å². The maximum atomic E-state index is 13.3. The fraction of sp³-hybridized carbons (Fsp3) is 0.619. The standard InChI is InChI=1S/C21H34N4O6S/c1-13(2)22-21(28)24(5)11-19-14(3)10-25(15(4)12-26)20(27)17-9-16(23-32(6,29)30)7-8-18(17)31-19/h7-9,13-15,19,23,26H,10-12H2,1-6H3,(H,22,28)/t14-,15-,19+/m1/s1. The van der Waals surface area contributed by atoms with Gasteiger partial charge in [-0.25, -0.2) is 13.2 Å². The topological polar surface area (TPSA) is 128 Å². The van der Waals surface area contributed by atoms with Crippen molar-refractivity contribution >= 4 is 27.6 Å². The Kier molecular flexibility index (Phi) is 8.35. The number of amides is 3. The van der Waals surface area contributed by atoms with Crippen LogP contribution in [0.5, 0.6) is 5.75 Å². The lowest BCUT2D eigenvalue weighted by Crippen LogP contribution is -2.51. The minimum Gasteiger partial charge on any atom is -0.487 e. The van der Waals surface area contributed by atoms with Crippen molar-refractivity contribution in [3.05, 3.63) is 23.8 Å². The lowest BCUT2D eigenvalue weighted by Gasteiger charge is -2.38. The van der Waals surface area contributed by atoms with Gasteiger partial charge in [0.1, 0.15) is 11.9 Å². The minimum atomic E-state index is -3.53. The highest BCUT2D eigenvalue weighted by molar-refractivity contribution is 7.92. The molecule has 1 aromatic carbocycles. The number of likely N-dealkylation sites (N-methyl/N-ethyl adjacent to an activating group) is 1. The summed E-state index contributed by atoms with van der Waals surface area (Å²) >= 11 is 0. The molecule has 3 amide bonds. The van der Waals surface area contributed by atoms with Gasteiger partial charge in [0.25, 0.3) is 5.91 Å². The van der Waals surface area contributed by atoms with Crippen molar-refractivity contribution in [2.45, 2.75) is 45.9 Å². The van der Waals surface area contributed by atoms with Crippen LogP contribution < -0.4 is 14.8 Å². The van der Waals surface area contributed by atoms with E-state index >= 15 is 0 Å². The normalized spacial score (nSPS) is 20.0. The number of sulfonamides is 1. The van der Waals surface area contributed by atoms with E-state index in [1.165, 1.54) is 17.0 Å². The van der Waals surface area contributed by atoms with E-state index in [1.807, 2.05) is 20.8 Å². The fourth-order valence-corrected chi connectivity index (χ4v) is 3.98. The summed E-state index contributed by atoms with van der Waals surface area (Å²) in [6.07, 6.45) is 0.588. The lowest BCUT2D eigenvalue weighted by atomic mass is 9.99. The van der Waals surface area contributed by atoms with Gasteiger partial charge in [-0.15, -0.1) is 0 Å². The van der Waals surface area contributed by atoms with Gasteiger partial charge < -0.3 is 25.0 Å². The number of ether oxygens (including phenoxy) is 1. The van der Waals surface area contributed by atoms with E-state index < -0.39 is 22.2 Å². The number of hydrogen-bond acceptors (Lipinski definition) is 6.